The Morgan fingerprint density at radius 1 is 1.06 bits per heavy atom. The Labute approximate surface area is 179 Å². The van der Waals surface area contributed by atoms with Crippen molar-refractivity contribution >= 4 is 17.8 Å². The number of piperidine rings is 1. The second-order valence-electron chi connectivity index (χ2n) is 7.71. The zero-order valence-electron chi connectivity index (χ0n) is 16.3. The van der Waals surface area contributed by atoms with Crippen LogP contribution in [0.5, 0.6) is 0 Å². The SMILES string of the molecule is O=C(Nc1ccnc(C(F)(F)F)n1)C1CC12CCN(C(=O)OC(C(F)(F)F)C(F)(F)F)CC2. The van der Waals surface area contributed by atoms with Gasteiger partial charge in [-0.3, -0.25) is 4.79 Å². The molecule has 1 aliphatic heterocycles. The fourth-order valence-corrected chi connectivity index (χ4v) is 3.68. The molecule has 184 valence electrons. The van der Waals surface area contributed by atoms with Crippen molar-refractivity contribution in [2.75, 3.05) is 18.4 Å². The lowest BCUT2D eigenvalue weighted by Crippen LogP contribution is -2.49. The second kappa shape index (κ2) is 8.20. The van der Waals surface area contributed by atoms with Gasteiger partial charge in [0.05, 0.1) is 0 Å². The van der Waals surface area contributed by atoms with Crippen molar-refractivity contribution in [1.29, 1.82) is 0 Å². The smallest absolute Gasteiger partial charge is 0.426 e. The molecule has 1 atom stereocenters. The highest BCUT2D eigenvalue weighted by Gasteiger charge is 2.61. The quantitative estimate of drug-likeness (QED) is 0.638. The highest BCUT2D eigenvalue weighted by molar-refractivity contribution is 5.94. The summed E-state index contributed by atoms with van der Waals surface area (Å²) in [5.74, 6) is -3.14. The van der Waals surface area contributed by atoms with Crippen LogP contribution in [0.25, 0.3) is 0 Å². The third kappa shape index (κ3) is 5.58. The molecule has 7 nitrogen and oxygen atoms in total. The van der Waals surface area contributed by atoms with E-state index in [1.54, 1.807) is 0 Å². The molecule has 1 N–H and O–H groups in total. The first-order chi connectivity index (χ1) is 15.0. The van der Waals surface area contributed by atoms with Crippen LogP contribution in [0.1, 0.15) is 25.1 Å². The average molecular weight is 494 g/mol. The molecule has 1 aromatic rings. The average Bonchev–Trinajstić information content (AvgIpc) is 3.37. The van der Waals surface area contributed by atoms with E-state index in [4.69, 9.17) is 0 Å². The molecule has 16 heteroatoms. The van der Waals surface area contributed by atoms with Crippen molar-refractivity contribution in [3.63, 3.8) is 0 Å². The molecule has 2 heterocycles. The Balaban J connectivity index is 1.55. The van der Waals surface area contributed by atoms with Crippen molar-refractivity contribution < 1.29 is 53.8 Å². The number of nitrogens with one attached hydrogen (secondary N) is 1. The molecule has 2 amide bonds. The van der Waals surface area contributed by atoms with Gasteiger partial charge in [-0.15, -0.1) is 0 Å². The van der Waals surface area contributed by atoms with E-state index in [-0.39, 0.29) is 38.2 Å². The number of carbonyl (C=O) groups excluding carboxylic acids is 2. The van der Waals surface area contributed by atoms with Crippen molar-refractivity contribution in [2.45, 2.75) is 43.9 Å². The molecule has 1 aromatic heterocycles. The number of alkyl halides is 9. The summed E-state index contributed by atoms with van der Waals surface area (Å²) in [5, 5.41) is 2.24. The predicted molar refractivity (Wildman–Crippen MR) is 89.4 cm³/mol. The molecule has 3 rings (SSSR count). The van der Waals surface area contributed by atoms with E-state index < -0.39 is 53.8 Å². The lowest BCUT2D eigenvalue weighted by atomic mass is 9.91. The highest BCUT2D eigenvalue weighted by atomic mass is 19.4. The second-order valence-corrected chi connectivity index (χ2v) is 7.71. The molecule has 1 aliphatic carbocycles. The van der Waals surface area contributed by atoms with Crippen molar-refractivity contribution in [3.8, 4) is 0 Å². The van der Waals surface area contributed by atoms with E-state index in [1.807, 2.05) is 0 Å². The van der Waals surface area contributed by atoms with Gasteiger partial charge in [-0.25, -0.2) is 14.8 Å². The topological polar surface area (TPSA) is 84.4 Å². The third-order valence-corrected chi connectivity index (χ3v) is 5.50. The Morgan fingerprint density at radius 2 is 1.64 bits per heavy atom. The van der Waals surface area contributed by atoms with Gasteiger partial charge in [0.15, 0.2) is 0 Å². The Hall–Kier alpha value is -2.81. The fourth-order valence-electron chi connectivity index (χ4n) is 3.68. The predicted octanol–water partition coefficient (Wildman–Crippen LogP) is 4.17. The molecule has 1 saturated heterocycles. The Kier molecular flexibility index (Phi) is 6.17. The molecular weight excluding hydrogens is 479 g/mol. The number of hydrogen-bond acceptors (Lipinski definition) is 5. The number of carbonyl (C=O) groups is 2. The number of aromatic nitrogens is 2. The van der Waals surface area contributed by atoms with Crippen LogP contribution in [0.2, 0.25) is 0 Å². The molecule has 2 aliphatic rings. The van der Waals surface area contributed by atoms with Gasteiger partial charge in [-0.1, -0.05) is 0 Å². The highest BCUT2D eigenvalue weighted by Crippen LogP contribution is 2.59. The van der Waals surface area contributed by atoms with Crippen molar-refractivity contribution in [1.82, 2.24) is 14.9 Å². The molecule has 0 aromatic carbocycles. The first-order valence-corrected chi connectivity index (χ1v) is 9.33. The summed E-state index contributed by atoms with van der Waals surface area (Å²) in [6.45, 7) is -0.506. The first kappa shape index (κ1) is 24.8. The van der Waals surface area contributed by atoms with Crippen LogP contribution in [0, 0.1) is 11.3 Å². The molecule has 1 unspecified atom stereocenters. The van der Waals surface area contributed by atoms with Gasteiger partial charge in [0.1, 0.15) is 5.82 Å². The minimum absolute atomic E-state index is 0.0838. The number of nitrogens with zero attached hydrogens (tertiary/aromatic N) is 3. The van der Waals surface area contributed by atoms with E-state index in [0.717, 1.165) is 12.3 Å². The number of likely N-dealkylation sites (tertiary alicyclic amines) is 1. The molecule has 33 heavy (non-hydrogen) atoms. The monoisotopic (exact) mass is 494 g/mol. The first-order valence-electron chi connectivity index (χ1n) is 9.33. The van der Waals surface area contributed by atoms with Crippen LogP contribution in [0.4, 0.5) is 50.1 Å². The number of anilines is 1. The van der Waals surface area contributed by atoms with Gasteiger partial charge in [0.25, 0.3) is 6.10 Å². The van der Waals surface area contributed by atoms with E-state index in [0.29, 0.717) is 4.90 Å². The summed E-state index contributed by atoms with van der Waals surface area (Å²) in [7, 11) is 0. The normalized spacial score (nSPS) is 20.7. The number of ether oxygens (including phenoxy) is 1. The van der Waals surface area contributed by atoms with Crippen LogP contribution in [-0.2, 0) is 15.7 Å². The van der Waals surface area contributed by atoms with Crippen LogP contribution in [0.15, 0.2) is 12.3 Å². The lowest BCUT2D eigenvalue weighted by Gasteiger charge is -2.33. The van der Waals surface area contributed by atoms with E-state index in [2.05, 4.69) is 20.0 Å². The van der Waals surface area contributed by atoms with Gasteiger partial charge in [0, 0.05) is 25.2 Å². The van der Waals surface area contributed by atoms with Gasteiger partial charge < -0.3 is 15.0 Å². The van der Waals surface area contributed by atoms with Crippen molar-refractivity contribution in [3.05, 3.63) is 18.1 Å². The number of halogens is 9. The molecule has 1 spiro atoms. The van der Waals surface area contributed by atoms with E-state index in [1.165, 1.54) is 0 Å². The zero-order valence-corrected chi connectivity index (χ0v) is 16.3. The van der Waals surface area contributed by atoms with Gasteiger partial charge in [0.2, 0.25) is 11.7 Å². The van der Waals surface area contributed by atoms with E-state index in [9.17, 15) is 49.1 Å². The number of amides is 2. The summed E-state index contributed by atoms with van der Waals surface area (Å²) in [6, 6.07) is 1.05. The van der Waals surface area contributed by atoms with E-state index >= 15 is 0 Å². The summed E-state index contributed by atoms with van der Waals surface area (Å²) < 4.78 is 117. The summed E-state index contributed by atoms with van der Waals surface area (Å²) in [4.78, 5) is 31.2. The minimum Gasteiger partial charge on any atom is -0.426 e. The minimum atomic E-state index is -5.84. The lowest BCUT2D eigenvalue weighted by molar-refractivity contribution is -0.308. The molecular formula is C17H15F9N4O3. The fraction of sp³-hybridized carbons (Fsp3) is 0.647. The molecule has 0 radical (unpaired) electrons. The molecule has 0 bridgehead atoms. The van der Waals surface area contributed by atoms with Crippen LogP contribution in [0.3, 0.4) is 0 Å². The Morgan fingerprint density at radius 3 is 2.15 bits per heavy atom. The molecule has 2 fully saturated rings. The van der Waals surface area contributed by atoms with Crippen LogP contribution < -0.4 is 5.32 Å². The maximum atomic E-state index is 12.7. The maximum Gasteiger partial charge on any atom is 0.451 e. The van der Waals surface area contributed by atoms with Crippen LogP contribution >= 0.6 is 0 Å². The van der Waals surface area contributed by atoms with Crippen LogP contribution in [-0.4, -0.2) is 58.4 Å². The standard InChI is InChI=1S/C17H15F9N4O3/c18-15(19,20)11(16(21,22)23)33-13(32)30-5-2-14(3-6-30)7-8(14)10(31)28-9-1-4-27-12(29-9)17(24,25)26/h1,4,8,11H,2-3,5-7H2,(H,27,28,29,31). The summed E-state index contributed by atoms with van der Waals surface area (Å²) >= 11 is 0. The zero-order chi connectivity index (χ0) is 24.8. The maximum absolute atomic E-state index is 12.7. The number of rotatable bonds is 3. The van der Waals surface area contributed by atoms with Gasteiger partial charge >= 0.3 is 24.6 Å². The molecule has 1 saturated carbocycles. The van der Waals surface area contributed by atoms with Gasteiger partial charge in [-0.2, -0.15) is 39.5 Å². The van der Waals surface area contributed by atoms with Gasteiger partial charge in [-0.05, 0) is 30.7 Å². The number of hydrogen-bond donors (Lipinski definition) is 1. The largest absolute Gasteiger partial charge is 0.451 e. The summed E-state index contributed by atoms with van der Waals surface area (Å²) in [6.07, 6.45) is -21.3. The Bertz CT molecular complexity index is 894. The summed E-state index contributed by atoms with van der Waals surface area (Å²) in [5.41, 5.74) is -0.672. The van der Waals surface area contributed by atoms with Crippen molar-refractivity contribution in [2.24, 2.45) is 11.3 Å². The third-order valence-electron chi connectivity index (χ3n) is 5.50.